The molecule has 18 heavy (non-hydrogen) atoms. The Labute approximate surface area is 116 Å². The predicted molar refractivity (Wildman–Crippen MR) is 76.4 cm³/mol. The van der Waals surface area contributed by atoms with E-state index in [1.807, 2.05) is 0 Å². The van der Waals surface area contributed by atoms with E-state index in [1.165, 1.54) is 18.4 Å². The van der Waals surface area contributed by atoms with Gasteiger partial charge in [0.15, 0.2) is 5.11 Å². The summed E-state index contributed by atoms with van der Waals surface area (Å²) >= 11 is 10.7. The van der Waals surface area contributed by atoms with Gasteiger partial charge in [0.05, 0.1) is 17.9 Å². The summed E-state index contributed by atoms with van der Waals surface area (Å²) < 4.78 is 17.9. The van der Waals surface area contributed by atoms with Crippen LogP contribution in [0.25, 0.3) is 0 Å². The summed E-state index contributed by atoms with van der Waals surface area (Å²) in [7, 11) is 0. The van der Waals surface area contributed by atoms with Crippen LogP contribution in [0, 0.1) is 5.82 Å². The van der Waals surface area contributed by atoms with E-state index in [9.17, 15) is 4.39 Å². The van der Waals surface area contributed by atoms with Crippen LogP contribution in [0.2, 0.25) is 5.02 Å². The van der Waals surface area contributed by atoms with Crippen LogP contribution >= 0.6 is 23.8 Å². The first-order chi connectivity index (χ1) is 8.63. The molecule has 2 N–H and O–H groups in total. The zero-order valence-corrected chi connectivity index (χ0v) is 11.3. The normalized spacial score (nSPS) is 9.67. The van der Waals surface area contributed by atoms with Crippen molar-refractivity contribution in [1.82, 2.24) is 5.32 Å². The van der Waals surface area contributed by atoms with E-state index >= 15 is 0 Å². The van der Waals surface area contributed by atoms with E-state index < -0.39 is 5.82 Å². The van der Waals surface area contributed by atoms with E-state index in [4.69, 9.17) is 28.6 Å². The average molecular weight is 289 g/mol. The quantitative estimate of drug-likeness (QED) is 0.478. The highest BCUT2D eigenvalue weighted by atomic mass is 35.5. The lowest BCUT2D eigenvalue weighted by Gasteiger charge is -2.10. The third-order valence-electron chi connectivity index (χ3n) is 2.02. The first-order valence-corrected chi connectivity index (χ1v) is 6.14. The van der Waals surface area contributed by atoms with Gasteiger partial charge in [0, 0.05) is 12.2 Å². The van der Waals surface area contributed by atoms with E-state index in [-0.39, 0.29) is 5.02 Å². The number of thiocarbonyl (C=S) groups is 1. The summed E-state index contributed by atoms with van der Waals surface area (Å²) in [4.78, 5) is 0. The van der Waals surface area contributed by atoms with Crippen molar-refractivity contribution in [3.63, 3.8) is 0 Å². The number of benzene rings is 1. The molecule has 0 aliphatic heterocycles. The van der Waals surface area contributed by atoms with Gasteiger partial charge in [0.1, 0.15) is 5.82 Å². The van der Waals surface area contributed by atoms with Crippen molar-refractivity contribution in [1.29, 1.82) is 0 Å². The number of ether oxygens (including phenoxy) is 1. The zero-order valence-electron chi connectivity index (χ0n) is 9.71. The molecule has 3 nitrogen and oxygen atoms in total. The summed E-state index contributed by atoms with van der Waals surface area (Å²) in [6.07, 6.45) is 2.20. The first-order valence-electron chi connectivity index (χ1n) is 5.36. The lowest BCUT2D eigenvalue weighted by molar-refractivity contribution is 0.247. The number of hydrogen-bond donors (Lipinski definition) is 2. The minimum atomic E-state index is -0.456. The van der Waals surface area contributed by atoms with Crippen molar-refractivity contribution < 1.29 is 9.13 Å². The van der Waals surface area contributed by atoms with Crippen molar-refractivity contribution in [3.05, 3.63) is 41.9 Å². The number of anilines is 1. The van der Waals surface area contributed by atoms with E-state index in [0.29, 0.717) is 24.0 Å². The summed E-state index contributed by atoms with van der Waals surface area (Å²) in [5, 5.41) is 6.41. The van der Waals surface area contributed by atoms with Crippen LogP contribution in [0.15, 0.2) is 31.0 Å². The molecule has 0 aliphatic rings. The van der Waals surface area contributed by atoms with Crippen LogP contribution in [-0.2, 0) is 4.74 Å². The third kappa shape index (κ3) is 5.33. The lowest BCUT2D eigenvalue weighted by atomic mass is 10.3. The standard InChI is InChI=1S/C12H14ClFN2OS/c1-2-17-7-3-6-15-12(18)16-9-4-5-11(14)10(13)8-9/h2,4-5,8H,1,3,6-7H2,(H2,15,16,18). The molecular formula is C12H14ClFN2OS. The van der Waals surface area contributed by atoms with Crippen LogP contribution in [0.5, 0.6) is 0 Å². The highest BCUT2D eigenvalue weighted by Crippen LogP contribution is 2.19. The third-order valence-corrected chi connectivity index (χ3v) is 2.56. The average Bonchev–Trinajstić information content (AvgIpc) is 2.34. The fourth-order valence-electron chi connectivity index (χ4n) is 1.19. The van der Waals surface area contributed by atoms with Crippen molar-refractivity contribution in [2.45, 2.75) is 6.42 Å². The molecule has 1 aromatic carbocycles. The van der Waals surface area contributed by atoms with Gasteiger partial charge in [-0.25, -0.2) is 4.39 Å². The Bertz CT molecular complexity index is 429. The first kappa shape index (κ1) is 14.7. The van der Waals surface area contributed by atoms with Gasteiger partial charge in [0.25, 0.3) is 0 Å². The van der Waals surface area contributed by atoms with Crippen LogP contribution in [0.3, 0.4) is 0 Å². The van der Waals surface area contributed by atoms with Gasteiger partial charge >= 0.3 is 0 Å². The summed E-state index contributed by atoms with van der Waals surface area (Å²) in [6, 6.07) is 4.33. The van der Waals surface area contributed by atoms with Crippen LogP contribution in [0.1, 0.15) is 6.42 Å². The van der Waals surface area contributed by atoms with E-state index in [2.05, 4.69) is 17.2 Å². The highest BCUT2D eigenvalue weighted by molar-refractivity contribution is 7.80. The number of hydrogen-bond acceptors (Lipinski definition) is 2. The molecule has 0 bridgehead atoms. The van der Waals surface area contributed by atoms with E-state index in [0.717, 1.165) is 6.42 Å². The molecule has 0 aliphatic carbocycles. The van der Waals surface area contributed by atoms with Crippen LogP contribution < -0.4 is 10.6 Å². The summed E-state index contributed by atoms with van der Waals surface area (Å²) in [5.74, 6) is -0.456. The van der Waals surface area contributed by atoms with Gasteiger partial charge in [-0.2, -0.15) is 0 Å². The van der Waals surface area contributed by atoms with Crippen LogP contribution in [-0.4, -0.2) is 18.3 Å². The Morgan fingerprint density at radius 3 is 3.00 bits per heavy atom. The molecule has 0 spiro atoms. The van der Waals surface area contributed by atoms with Gasteiger partial charge in [0.2, 0.25) is 0 Å². The Morgan fingerprint density at radius 2 is 2.33 bits per heavy atom. The molecule has 1 aromatic rings. The maximum absolute atomic E-state index is 12.9. The van der Waals surface area contributed by atoms with Gasteiger partial charge in [-0.05, 0) is 36.8 Å². The zero-order chi connectivity index (χ0) is 13.4. The Hall–Kier alpha value is -1.33. The van der Waals surface area contributed by atoms with E-state index in [1.54, 1.807) is 6.07 Å². The molecular weight excluding hydrogens is 275 g/mol. The maximum Gasteiger partial charge on any atom is 0.170 e. The maximum atomic E-state index is 12.9. The lowest BCUT2D eigenvalue weighted by Crippen LogP contribution is -2.29. The SMILES string of the molecule is C=COCCCNC(=S)Nc1ccc(F)c(Cl)c1. The minimum Gasteiger partial charge on any atom is -0.502 e. The highest BCUT2D eigenvalue weighted by Gasteiger charge is 2.02. The molecule has 0 amide bonds. The van der Waals surface area contributed by atoms with Crippen molar-refractivity contribution in [2.24, 2.45) is 0 Å². The van der Waals surface area contributed by atoms with Gasteiger partial charge in [-0.3, -0.25) is 0 Å². The van der Waals surface area contributed by atoms with Crippen molar-refractivity contribution in [3.8, 4) is 0 Å². The number of rotatable bonds is 6. The Morgan fingerprint density at radius 1 is 1.56 bits per heavy atom. The predicted octanol–water partition coefficient (Wildman–Crippen LogP) is 3.32. The molecule has 1 rings (SSSR count). The molecule has 6 heteroatoms. The second-order valence-corrected chi connectivity index (χ2v) is 4.22. The minimum absolute atomic E-state index is 0.0576. The number of nitrogens with one attached hydrogen (secondary N) is 2. The molecule has 0 unspecified atom stereocenters. The Kier molecular flexibility index (Phi) is 6.46. The fourth-order valence-corrected chi connectivity index (χ4v) is 1.59. The molecule has 0 heterocycles. The monoisotopic (exact) mass is 288 g/mol. The van der Waals surface area contributed by atoms with Crippen molar-refractivity contribution >= 4 is 34.6 Å². The number of halogens is 2. The van der Waals surface area contributed by atoms with Gasteiger partial charge < -0.3 is 15.4 Å². The molecule has 0 saturated heterocycles. The molecule has 0 fully saturated rings. The second-order valence-electron chi connectivity index (χ2n) is 3.40. The molecule has 98 valence electrons. The Balaban J connectivity index is 2.31. The second kappa shape index (κ2) is 7.89. The van der Waals surface area contributed by atoms with Crippen molar-refractivity contribution in [2.75, 3.05) is 18.5 Å². The largest absolute Gasteiger partial charge is 0.502 e. The molecule has 0 aromatic heterocycles. The van der Waals surface area contributed by atoms with Gasteiger partial charge in [-0.1, -0.05) is 18.2 Å². The fraction of sp³-hybridized carbons (Fsp3) is 0.250. The summed E-state index contributed by atoms with van der Waals surface area (Å²) in [5.41, 5.74) is 0.640. The molecule has 0 atom stereocenters. The smallest absolute Gasteiger partial charge is 0.170 e. The van der Waals surface area contributed by atoms with Gasteiger partial charge in [-0.15, -0.1) is 0 Å². The topological polar surface area (TPSA) is 33.3 Å². The molecule has 0 saturated carbocycles. The summed E-state index contributed by atoms with van der Waals surface area (Å²) in [6.45, 7) is 4.70. The molecule has 0 radical (unpaired) electrons. The van der Waals surface area contributed by atoms with Crippen LogP contribution in [0.4, 0.5) is 10.1 Å².